The van der Waals surface area contributed by atoms with Crippen LogP contribution in [0, 0.1) is 0 Å². The molecule has 0 aromatic heterocycles. The molecule has 1 rings (SSSR count). The molecule has 96 valence electrons. The van der Waals surface area contributed by atoms with Crippen LogP contribution in [0.3, 0.4) is 0 Å². The number of hydrogen-bond acceptors (Lipinski definition) is 3. The first-order chi connectivity index (χ1) is 7.88. The van der Waals surface area contributed by atoms with E-state index in [4.69, 9.17) is 16.3 Å². The summed E-state index contributed by atoms with van der Waals surface area (Å²) in [5, 5.41) is 13.5. The van der Waals surface area contributed by atoms with Crippen molar-refractivity contribution in [3.05, 3.63) is 29.3 Å². The molecule has 0 bridgehead atoms. The molecule has 0 aliphatic heterocycles. The van der Waals surface area contributed by atoms with E-state index < -0.39 is 6.10 Å². The number of β-amino-alcohol motifs (C(OH)–C–C–N with tert-alkyl or cyclic N) is 1. The SMILES string of the molecule is CC(C)(C)NC[C@H](O)COc1ccccc1Cl. The van der Waals surface area contributed by atoms with Crippen molar-refractivity contribution < 1.29 is 9.84 Å². The van der Waals surface area contributed by atoms with Crippen LogP contribution in [-0.4, -0.2) is 29.9 Å². The maximum atomic E-state index is 9.73. The smallest absolute Gasteiger partial charge is 0.138 e. The Morgan fingerprint density at radius 1 is 1.35 bits per heavy atom. The van der Waals surface area contributed by atoms with Gasteiger partial charge in [-0.05, 0) is 32.9 Å². The number of para-hydroxylation sites is 1. The Kier molecular flexibility index (Phi) is 5.25. The highest BCUT2D eigenvalue weighted by Gasteiger charge is 2.12. The van der Waals surface area contributed by atoms with Gasteiger partial charge in [-0.3, -0.25) is 0 Å². The molecule has 2 N–H and O–H groups in total. The zero-order valence-corrected chi connectivity index (χ0v) is 11.3. The van der Waals surface area contributed by atoms with Crippen LogP contribution in [0.5, 0.6) is 5.75 Å². The van der Waals surface area contributed by atoms with Gasteiger partial charge < -0.3 is 15.2 Å². The van der Waals surface area contributed by atoms with Gasteiger partial charge in [-0.25, -0.2) is 0 Å². The van der Waals surface area contributed by atoms with Crippen LogP contribution in [0.4, 0.5) is 0 Å². The number of rotatable bonds is 5. The molecule has 3 nitrogen and oxygen atoms in total. The third-order valence-electron chi connectivity index (χ3n) is 2.14. The van der Waals surface area contributed by atoms with Crippen molar-refractivity contribution in [1.82, 2.24) is 5.32 Å². The Bertz CT molecular complexity index is 350. The Balaban J connectivity index is 2.34. The van der Waals surface area contributed by atoms with Crippen molar-refractivity contribution in [2.45, 2.75) is 32.4 Å². The highest BCUT2D eigenvalue weighted by atomic mass is 35.5. The first-order valence-corrected chi connectivity index (χ1v) is 6.07. The fraction of sp³-hybridized carbons (Fsp3) is 0.538. The molecule has 1 atom stereocenters. The number of hydrogen-bond donors (Lipinski definition) is 2. The number of nitrogens with one attached hydrogen (secondary N) is 1. The summed E-state index contributed by atoms with van der Waals surface area (Å²) in [5.41, 5.74) is -0.00856. The minimum absolute atomic E-state index is 0.00856. The molecular formula is C13H20ClNO2. The molecule has 0 unspecified atom stereocenters. The van der Waals surface area contributed by atoms with E-state index in [9.17, 15) is 5.11 Å². The highest BCUT2D eigenvalue weighted by molar-refractivity contribution is 6.32. The first kappa shape index (κ1) is 14.3. The van der Waals surface area contributed by atoms with Crippen LogP contribution in [0.15, 0.2) is 24.3 Å². The fourth-order valence-electron chi connectivity index (χ4n) is 1.23. The molecule has 0 spiro atoms. The van der Waals surface area contributed by atoms with Gasteiger partial charge in [0.05, 0.1) is 5.02 Å². The zero-order chi connectivity index (χ0) is 12.9. The molecule has 0 saturated heterocycles. The molecule has 4 heteroatoms. The quantitative estimate of drug-likeness (QED) is 0.852. The molecule has 0 radical (unpaired) electrons. The molecule has 0 fully saturated rings. The average molecular weight is 258 g/mol. The van der Waals surface area contributed by atoms with Crippen LogP contribution in [0.2, 0.25) is 5.02 Å². The van der Waals surface area contributed by atoms with Crippen LogP contribution in [0.25, 0.3) is 0 Å². The second-order valence-electron chi connectivity index (χ2n) is 5.03. The van der Waals surface area contributed by atoms with Crippen LogP contribution in [0.1, 0.15) is 20.8 Å². The molecule has 17 heavy (non-hydrogen) atoms. The Morgan fingerprint density at radius 3 is 2.59 bits per heavy atom. The van der Waals surface area contributed by atoms with Gasteiger partial charge in [-0.15, -0.1) is 0 Å². The van der Waals surface area contributed by atoms with Crippen molar-refractivity contribution in [3.63, 3.8) is 0 Å². The van der Waals surface area contributed by atoms with E-state index >= 15 is 0 Å². The van der Waals surface area contributed by atoms with E-state index in [1.807, 2.05) is 12.1 Å². The van der Waals surface area contributed by atoms with Gasteiger partial charge in [-0.1, -0.05) is 23.7 Å². The molecule has 1 aromatic carbocycles. The summed E-state index contributed by atoms with van der Waals surface area (Å²) in [4.78, 5) is 0. The molecular weight excluding hydrogens is 238 g/mol. The van der Waals surface area contributed by atoms with E-state index in [1.54, 1.807) is 12.1 Å². The van der Waals surface area contributed by atoms with Gasteiger partial charge in [-0.2, -0.15) is 0 Å². The number of benzene rings is 1. The van der Waals surface area contributed by atoms with Crippen molar-refractivity contribution in [2.24, 2.45) is 0 Å². The van der Waals surface area contributed by atoms with Gasteiger partial charge in [0.2, 0.25) is 0 Å². The van der Waals surface area contributed by atoms with Crippen molar-refractivity contribution in [3.8, 4) is 5.75 Å². The molecule has 0 heterocycles. The van der Waals surface area contributed by atoms with Gasteiger partial charge in [0.25, 0.3) is 0 Å². The van der Waals surface area contributed by atoms with Crippen LogP contribution >= 0.6 is 11.6 Å². The van der Waals surface area contributed by atoms with Crippen molar-refractivity contribution in [2.75, 3.05) is 13.2 Å². The zero-order valence-electron chi connectivity index (χ0n) is 10.5. The lowest BCUT2D eigenvalue weighted by Gasteiger charge is -2.23. The highest BCUT2D eigenvalue weighted by Crippen LogP contribution is 2.23. The lowest BCUT2D eigenvalue weighted by atomic mass is 10.1. The number of aliphatic hydroxyl groups is 1. The summed E-state index contributed by atoms with van der Waals surface area (Å²) in [7, 11) is 0. The monoisotopic (exact) mass is 257 g/mol. The topological polar surface area (TPSA) is 41.5 Å². The first-order valence-electron chi connectivity index (χ1n) is 5.69. The van der Waals surface area contributed by atoms with Gasteiger partial charge in [0.1, 0.15) is 18.5 Å². The second-order valence-corrected chi connectivity index (χ2v) is 5.43. The molecule has 0 amide bonds. The van der Waals surface area contributed by atoms with Crippen LogP contribution in [-0.2, 0) is 0 Å². The normalized spacial score (nSPS) is 13.5. The maximum absolute atomic E-state index is 9.73. The number of ether oxygens (including phenoxy) is 1. The third-order valence-corrected chi connectivity index (χ3v) is 2.45. The summed E-state index contributed by atoms with van der Waals surface area (Å²) in [5.74, 6) is 0.601. The summed E-state index contributed by atoms with van der Waals surface area (Å²) in [6.45, 7) is 6.87. The molecule has 1 aromatic rings. The van der Waals surface area contributed by atoms with E-state index in [-0.39, 0.29) is 12.1 Å². The standard InChI is InChI=1S/C13H20ClNO2/c1-13(2,3)15-8-10(16)9-17-12-7-5-4-6-11(12)14/h4-7,10,15-16H,8-9H2,1-3H3/t10-/m0/s1. The lowest BCUT2D eigenvalue weighted by Crippen LogP contribution is -2.42. The lowest BCUT2D eigenvalue weighted by molar-refractivity contribution is 0.100. The molecule has 0 aliphatic rings. The van der Waals surface area contributed by atoms with Gasteiger partial charge in [0.15, 0.2) is 0 Å². The molecule has 0 aliphatic carbocycles. The van der Waals surface area contributed by atoms with Crippen molar-refractivity contribution >= 4 is 11.6 Å². The predicted molar refractivity (Wildman–Crippen MR) is 70.7 cm³/mol. The summed E-state index contributed by atoms with van der Waals surface area (Å²) < 4.78 is 5.44. The van der Waals surface area contributed by atoms with Crippen molar-refractivity contribution in [1.29, 1.82) is 0 Å². The maximum Gasteiger partial charge on any atom is 0.138 e. The Hall–Kier alpha value is -0.770. The average Bonchev–Trinajstić information content (AvgIpc) is 2.24. The number of halogens is 1. The third kappa shape index (κ3) is 5.91. The van der Waals surface area contributed by atoms with E-state index in [0.717, 1.165) is 0 Å². The largest absolute Gasteiger partial charge is 0.489 e. The summed E-state index contributed by atoms with van der Waals surface area (Å²) >= 11 is 5.94. The minimum atomic E-state index is -0.550. The summed E-state index contributed by atoms with van der Waals surface area (Å²) in [6, 6.07) is 7.23. The summed E-state index contributed by atoms with van der Waals surface area (Å²) in [6.07, 6.45) is -0.550. The fourth-order valence-corrected chi connectivity index (χ4v) is 1.42. The van der Waals surface area contributed by atoms with Gasteiger partial charge >= 0.3 is 0 Å². The number of aliphatic hydroxyl groups excluding tert-OH is 1. The predicted octanol–water partition coefficient (Wildman–Crippen LogP) is 2.47. The molecule has 0 saturated carbocycles. The Labute approximate surface area is 108 Å². The van der Waals surface area contributed by atoms with E-state index in [0.29, 0.717) is 17.3 Å². The minimum Gasteiger partial charge on any atom is -0.489 e. The van der Waals surface area contributed by atoms with E-state index in [1.165, 1.54) is 0 Å². The second kappa shape index (κ2) is 6.24. The Morgan fingerprint density at radius 2 is 2.00 bits per heavy atom. The van der Waals surface area contributed by atoms with Gasteiger partial charge in [0, 0.05) is 12.1 Å². The van der Waals surface area contributed by atoms with Crippen LogP contribution < -0.4 is 10.1 Å². The van der Waals surface area contributed by atoms with E-state index in [2.05, 4.69) is 26.1 Å².